The maximum Gasteiger partial charge on any atom is 0.120 e. The highest BCUT2D eigenvalue weighted by atomic mass is 16.5. The van der Waals surface area contributed by atoms with Crippen molar-refractivity contribution in [2.45, 2.75) is 32.5 Å². The van der Waals surface area contributed by atoms with Gasteiger partial charge in [-0.1, -0.05) is 51.1 Å². The fraction of sp³-hybridized carbons (Fsp3) is 0.333. The molecule has 0 radical (unpaired) electrons. The van der Waals surface area contributed by atoms with E-state index in [1.54, 1.807) is 7.11 Å². The van der Waals surface area contributed by atoms with E-state index in [0.717, 1.165) is 5.75 Å². The van der Waals surface area contributed by atoms with Gasteiger partial charge < -0.3 is 14.0 Å². The highest BCUT2D eigenvalue weighted by Gasteiger charge is 2.55. The van der Waals surface area contributed by atoms with Gasteiger partial charge in [0.1, 0.15) is 17.5 Å². The maximum absolute atomic E-state index is 6.56. The number of hydrogen-bond acceptors (Lipinski definition) is 2. The van der Waals surface area contributed by atoms with Crippen LogP contribution < -0.4 is 4.74 Å². The Morgan fingerprint density at radius 2 is 1.81 bits per heavy atom. The third kappa shape index (κ3) is 2.06. The molecule has 0 fully saturated rings. The van der Waals surface area contributed by atoms with E-state index in [2.05, 4.69) is 75.0 Å². The quantitative estimate of drug-likeness (QED) is 0.545. The molecule has 2 aliphatic heterocycles. The maximum atomic E-state index is 6.56. The fourth-order valence-electron chi connectivity index (χ4n) is 4.76. The molecule has 3 aromatic rings. The van der Waals surface area contributed by atoms with E-state index in [9.17, 15) is 0 Å². The van der Waals surface area contributed by atoms with E-state index in [1.807, 2.05) is 12.1 Å². The highest BCUT2D eigenvalue weighted by molar-refractivity contribution is 5.99. The lowest BCUT2D eigenvalue weighted by Crippen LogP contribution is -2.37. The SMILES string of the molecule is COc1ccc(-c2cn(C)c3c4c(ccc23)C2C=CC4(C(C)(C)C)O2)cc1. The van der Waals surface area contributed by atoms with Crippen molar-refractivity contribution in [3.05, 3.63) is 65.9 Å². The van der Waals surface area contributed by atoms with Crippen molar-refractivity contribution in [2.75, 3.05) is 7.11 Å². The lowest BCUT2D eigenvalue weighted by atomic mass is 9.70. The van der Waals surface area contributed by atoms with Crippen LogP contribution in [0.25, 0.3) is 22.0 Å². The Labute approximate surface area is 160 Å². The summed E-state index contributed by atoms with van der Waals surface area (Å²) in [6.07, 6.45) is 6.80. The van der Waals surface area contributed by atoms with Crippen molar-refractivity contribution in [1.29, 1.82) is 0 Å². The first-order valence-electron chi connectivity index (χ1n) is 9.50. The van der Waals surface area contributed by atoms with Crippen LogP contribution >= 0.6 is 0 Å². The van der Waals surface area contributed by atoms with E-state index in [-0.39, 0.29) is 17.1 Å². The van der Waals surface area contributed by atoms with E-state index < -0.39 is 0 Å². The molecular formula is C24H25NO2. The zero-order valence-corrected chi connectivity index (χ0v) is 16.5. The number of aromatic nitrogens is 1. The molecule has 2 aliphatic rings. The van der Waals surface area contributed by atoms with Crippen molar-refractivity contribution >= 4 is 10.9 Å². The molecule has 2 atom stereocenters. The molecule has 0 aliphatic carbocycles. The Kier molecular flexibility index (Phi) is 3.24. The second-order valence-corrected chi connectivity index (χ2v) is 8.69. The van der Waals surface area contributed by atoms with E-state index in [4.69, 9.17) is 9.47 Å². The molecule has 3 heteroatoms. The van der Waals surface area contributed by atoms with E-state index >= 15 is 0 Å². The van der Waals surface area contributed by atoms with Crippen LogP contribution in [-0.2, 0) is 17.4 Å². The van der Waals surface area contributed by atoms with Crippen LogP contribution in [0.2, 0.25) is 0 Å². The van der Waals surface area contributed by atoms with Gasteiger partial charge in [-0.25, -0.2) is 0 Å². The second-order valence-electron chi connectivity index (χ2n) is 8.69. The van der Waals surface area contributed by atoms with E-state index in [1.165, 1.54) is 33.2 Å². The van der Waals surface area contributed by atoms with Crippen LogP contribution in [-0.4, -0.2) is 11.7 Å². The van der Waals surface area contributed by atoms with Crippen LogP contribution in [0.15, 0.2) is 54.7 Å². The molecule has 1 aromatic heterocycles. The molecule has 0 spiro atoms. The number of aryl methyl sites for hydroxylation is 1. The number of fused-ring (bicyclic) bond motifs is 7. The first kappa shape index (κ1) is 16.6. The van der Waals surface area contributed by atoms with E-state index in [0.29, 0.717) is 0 Å². The normalized spacial score (nSPS) is 23.2. The monoisotopic (exact) mass is 359 g/mol. The molecule has 27 heavy (non-hydrogen) atoms. The molecule has 138 valence electrons. The number of methoxy groups -OCH3 is 1. The summed E-state index contributed by atoms with van der Waals surface area (Å²) in [5, 5.41) is 1.27. The molecule has 0 amide bonds. The van der Waals surface area contributed by atoms with Gasteiger partial charge in [0.25, 0.3) is 0 Å². The summed E-state index contributed by atoms with van der Waals surface area (Å²) in [5.41, 5.74) is 5.97. The van der Waals surface area contributed by atoms with Gasteiger partial charge in [-0.05, 0) is 34.8 Å². The van der Waals surface area contributed by atoms with Gasteiger partial charge in [0, 0.05) is 29.8 Å². The Morgan fingerprint density at radius 1 is 1.07 bits per heavy atom. The van der Waals surface area contributed by atoms with Crippen molar-refractivity contribution in [2.24, 2.45) is 12.5 Å². The summed E-state index contributed by atoms with van der Waals surface area (Å²) >= 11 is 0. The number of ether oxygens (including phenoxy) is 2. The van der Waals surface area contributed by atoms with Crippen molar-refractivity contribution in [3.8, 4) is 16.9 Å². The molecule has 0 saturated heterocycles. The summed E-state index contributed by atoms with van der Waals surface area (Å²) in [5.74, 6) is 0.877. The molecule has 0 N–H and O–H groups in total. The number of hydrogen-bond donors (Lipinski definition) is 0. The predicted octanol–water partition coefficient (Wildman–Crippen LogP) is 5.74. The molecule has 3 nitrogen and oxygen atoms in total. The molecule has 0 saturated carbocycles. The van der Waals surface area contributed by atoms with Crippen LogP contribution in [0, 0.1) is 5.41 Å². The van der Waals surface area contributed by atoms with Gasteiger partial charge in [-0.15, -0.1) is 0 Å². The van der Waals surface area contributed by atoms with Gasteiger partial charge in [0.05, 0.1) is 12.6 Å². The van der Waals surface area contributed by atoms with Crippen LogP contribution in [0.4, 0.5) is 0 Å². The van der Waals surface area contributed by atoms with Crippen molar-refractivity contribution in [1.82, 2.24) is 4.57 Å². The minimum Gasteiger partial charge on any atom is -0.497 e. The summed E-state index contributed by atoms with van der Waals surface area (Å²) in [7, 11) is 3.84. The third-order valence-electron chi connectivity index (χ3n) is 6.19. The van der Waals surface area contributed by atoms with Gasteiger partial charge in [-0.3, -0.25) is 0 Å². The Hall–Kier alpha value is -2.52. The minimum absolute atomic E-state index is 0.0255. The van der Waals surface area contributed by atoms with Crippen molar-refractivity contribution in [3.63, 3.8) is 0 Å². The topological polar surface area (TPSA) is 23.4 Å². The van der Waals surface area contributed by atoms with Crippen LogP contribution in [0.5, 0.6) is 5.75 Å². The predicted molar refractivity (Wildman–Crippen MR) is 109 cm³/mol. The summed E-state index contributed by atoms with van der Waals surface area (Å²) in [6.45, 7) is 6.79. The first-order valence-corrected chi connectivity index (χ1v) is 9.50. The molecule has 2 aromatic carbocycles. The largest absolute Gasteiger partial charge is 0.497 e. The summed E-state index contributed by atoms with van der Waals surface area (Å²) < 4.78 is 14.1. The Balaban J connectivity index is 1.78. The van der Waals surface area contributed by atoms with Gasteiger partial charge >= 0.3 is 0 Å². The standard InChI is InChI=1S/C24H25NO2/c1-23(2,3)24-13-12-20(27-24)18-11-10-17-19(14-25(4)22(17)21(18)24)15-6-8-16(26-5)9-7-15/h6-14,20H,1-5H3. The molecular weight excluding hydrogens is 334 g/mol. The van der Waals surface area contributed by atoms with Gasteiger partial charge in [0.2, 0.25) is 0 Å². The molecule has 2 unspecified atom stereocenters. The molecule has 2 bridgehead atoms. The lowest BCUT2D eigenvalue weighted by Gasteiger charge is -2.38. The second kappa shape index (κ2) is 5.26. The third-order valence-corrected chi connectivity index (χ3v) is 6.19. The van der Waals surface area contributed by atoms with Gasteiger partial charge in [-0.2, -0.15) is 0 Å². The number of nitrogens with zero attached hydrogens (tertiary/aromatic N) is 1. The Morgan fingerprint density at radius 3 is 2.48 bits per heavy atom. The smallest absolute Gasteiger partial charge is 0.120 e. The zero-order valence-electron chi connectivity index (χ0n) is 16.5. The minimum atomic E-state index is -0.365. The molecule has 3 heterocycles. The average molecular weight is 359 g/mol. The summed E-state index contributed by atoms with van der Waals surface area (Å²) in [4.78, 5) is 0. The first-order chi connectivity index (χ1) is 12.9. The highest BCUT2D eigenvalue weighted by Crippen LogP contribution is 2.60. The van der Waals surface area contributed by atoms with Crippen LogP contribution in [0.3, 0.4) is 0 Å². The average Bonchev–Trinajstić information content (AvgIpc) is 3.33. The lowest BCUT2D eigenvalue weighted by molar-refractivity contribution is -0.0747. The summed E-state index contributed by atoms with van der Waals surface area (Å²) in [6, 6.07) is 12.8. The molecule has 5 rings (SSSR count). The number of rotatable bonds is 2. The number of benzene rings is 2. The van der Waals surface area contributed by atoms with Crippen LogP contribution in [0.1, 0.15) is 38.0 Å². The van der Waals surface area contributed by atoms with Crippen molar-refractivity contribution < 1.29 is 9.47 Å². The fourth-order valence-corrected chi connectivity index (χ4v) is 4.76. The zero-order chi connectivity index (χ0) is 19.0. The van der Waals surface area contributed by atoms with Gasteiger partial charge in [0.15, 0.2) is 0 Å². The Bertz CT molecular complexity index is 1080.